The van der Waals surface area contributed by atoms with E-state index in [9.17, 15) is 8.42 Å². The molecule has 0 amide bonds. The minimum atomic E-state index is -3.08. The van der Waals surface area contributed by atoms with E-state index in [4.69, 9.17) is 5.73 Å². The number of rotatable bonds is 6. The number of nitrogens with two attached hydrogens (primary N) is 1. The predicted molar refractivity (Wildman–Crippen MR) is 66.6 cm³/mol. The van der Waals surface area contributed by atoms with Crippen molar-refractivity contribution in [2.24, 2.45) is 11.7 Å². The molecule has 1 saturated carbocycles. The van der Waals surface area contributed by atoms with Crippen molar-refractivity contribution in [1.82, 2.24) is 4.72 Å². The molecule has 0 heterocycles. The molecule has 96 valence electrons. The van der Waals surface area contributed by atoms with E-state index in [1.165, 1.54) is 6.42 Å². The first-order chi connectivity index (χ1) is 7.53. The van der Waals surface area contributed by atoms with Gasteiger partial charge < -0.3 is 5.73 Å². The second-order valence-electron chi connectivity index (χ2n) is 4.90. The molecule has 0 aromatic carbocycles. The monoisotopic (exact) mass is 248 g/mol. The van der Waals surface area contributed by atoms with Crippen LogP contribution in [0.5, 0.6) is 0 Å². The molecule has 0 aliphatic heterocycles. The van der Waals surface area contributed by atoms with E-state index in [-0.39, 0.29) is 11.8 Å². The summed E-state index contributed by atoms with van der Waals surface area (Å²) in [6, 6.07) is 0.159. The largest absolute Gasteiger partial charge is 0.330 e. The fourth-order valence-corrected chi connectivity index (χ4v) is 3.71. The van der Waals surface area contributed by atoms with E-state index < -0.39 is 10.0 Å². The molecular weight excluding hydrogens is 224 g/mol. The Morgan fingerprint density at radius 2 is 2.06 bits per heavy atom. The van der Waals surface area contributed by atoms with Gasteiger partial charge in [-0.15, -0.1) is 0 Å². The molecule has 3 N–H and O–H groups in total. The van der Waals surface area contributed by atoms with Gasteiger partial charge in [-0.2, -0.15) is 0 Å². The second kappa shape index (κ2) is 6.57. The molecule has 0 aromatic rings. The minimum Gasteiger partial charge on any atom is -0.330 e. The van der Waals surface area contributed by atoms with Gasteiger partial charge in [-0.3, -0.25) is 0 Å². The first-order valence-corrected chi connectivity index (χ1v) is 7.89. The Bertz CT molecular complexity index is 290. The Kier molecular flexibility index (Phi) is 5.72. The highest BCUT2D eigenvalue weighted by molar-refractivity contribution is 7.89. The third kappa shape index (κ3) is 5.27. The lowest BCUT2D eigenvalue weighted by atomic mass is 9.88. The summed E-state index contributed by atoms with van der Waals surface area (Å²) in [6.07, 6.45) is 5.77. The van der Waals surface area contributed by atoms with E-state index in [2.05, 4.69) is 11.6 Å². The van der Waals surface area contributed by atoms with Gasteiger partial charge in [0.05, 0.1) is 5.75 Å². The lowest BCUT2D eigenvalue weighted by Crippen LogP contribution is -2.39. The molecule has 0 saturated heterocycles. The fourth-order valence-electron chi connectivity index (χ4n) is 2.29. The predicted octanol–water partition coefficient (Wildman–Crippen LogP) is 1.22. The average Bonchev–Trinajstić information content (AvgIpc) is 2.17. The summed E-state index contributed by atoms with van der Waals surface area (Å²) in [7, 11) is -3.08. The highest BCUT2D eigenvalue weighted by atomic mass is 32.2. The zero-order valence-corrected chi connectivity index (χ0v) is 10.9. The van der Waals surface area contributed by atoms with E-state index in [1.54, 1.807) is 0 Å². The van der Waals surface area contributed by atoms with Gasteiger partial charge in [0, 0.05) is 6.04 Å². The summed E-state index contributed by atoms with van der Waals surface area (Å²) < 4.78 is 26.3. The molecule has 2 atom stereocenters. The van der Waals surface area contributed by atoms with Gasteiger partial charge in [0.2, 0.25) is 10.0 Å². The summed E-state index contributed by atoms with van der Waals surface area (Å²) in [4.78, 5) is 0. The SMILES string of the molecule is CC1CCCC(NS(=O)(=O)CCCCN)C1. The van der Waals surface area contributed by atoms with E-state index in [0.29, 0.717) is 18.9 Å². The van der Waals surface area contributed by atoms with Crippen LogP contribution in [0.2, 0.25) is 0 Å². The molecular formula is C11H24N2O2S. The van der Waals surface area contributed by atoms with Crippen molar-refractivity contribution in [2.45, 2.75) is 51.5 Å². The van der Waals surface area contributed by atoms with Crippen LogP contribution in [0.3, 0.4) is 0 Å². The number of unbranched alkanes of at least 4 members (excludes halogenated alkanes) is 1. The molecule has 0 aromatic heterocycles. The second-order valence-corrected chi connectivity index (χ2v) is 6.77. The standard InChI is InChI=1S/C11H24N2O2S/c1-10-5-4-6-11(9-10)13-16(14,15)8-3-2-7-12/h10-11,13H,2-9,12H2,1H3. The normalized spacial score (nSPS) is 26.9. The quantitative estimate of drug-likeness (QED) is 0.694. The Hall–Kier alpha value is -0.130. The molecule has 1 fully saturated rings. The lowest BCUT2D eigenvalue weighted by Gasteiger charge is -2.27. The number of hydrogen-bond donors (Lipinski definition) is 2. The minimum absolute atomic E-state index is 0.159. The molecule has 4 nitrogen and oxygen atoms in total. The summed E-state index contributed by atoms with van der Waals surface area (Å²) >= 11 is 0. The van der Waals surface area contributed by atoms with Gasteiger partial charge in [0.1, 0.15) is 0 Å². The number of sulfonamides is 1. The van der Waals surface area contributed by atoms with Crippen LogP contribution in [0.4, 0.5) is 0 Å². The van der Waals surface area contributed by atoms with Crippen LogP contribution in [0.25, 0.3) is 0 Å². The molecule has 5 heteroatoms. The zero-order valence-electron chi connectivity index (χ0n) is 10.1. The van der Waals surface area contributed by atoms with Crippen LogP contribution < -0.4 is 10.5 Å². The van der Waals surface area contributed by atoms with Crippen molar-refractivity contribution < 1.29 is 8.42 Å². The fraction of sp³-hybridized carbons (Fsp3) is 1.00. The molecule has 0 bridgehead atoms. The van der Waals surface area contributed by atoms with Crippen LogP contribution >= 0.6 is 0 Å². The lowest BCUT2D eigenvalue weighted by molar-refractivity contribution is 0.327. The highest BCUT2D eigenvalue weighted by Crippen LogP contribution is 2.23. The molecule has 1 aliphatic carbocycles. The van der Waals surface area contributed by atoms with Crippen LogP contribution in [0.15, 0.2) is 0 Å². The summed E-state index contributed by atoms with van der Waals surface area (Å²) in [5.74, 6) is 0.861. The maximum atomic E-state index is 11.7. The van der Waals surface area contributed by atoms with E-state index in [0.717, 1.165) is 25.7 Å². The Morgan fingerprint density at radius 1 is 1.31 bits per heavy atom. The third-order valence-electron chi connectivity index (χ3n) is 3.15. The zero-order chi connectivity index (χ0) is 12.0. The molecule has 1 aliphatic rings. The first-order valence-electron chi connectivity index (χ1n) is 6.23. The number of hydrogen-bond acceptors (Lipinski definition) is 3. The van der Waals surface area contributed by atoms with Gasteiger partial charge in [0.25, 0.3) is 0 Å². The smallest absolute Gasteiger partial charge is 0.211 e. The molecule has 2 unspecified atom stereocenters. The van der Waals surface area contributed by atoms with Crippen molar-refractivity contribution in [3.8, 4) is 0 Å². The Morgan fingerprint density at radius 3 is 2.69 bits per heavy atom. The van der Waals surface area contributed by atoms with Gasteiger partial charge in [0.15, 0.2) is 0 Å². The Labute approximate surface area is 99.0 Å². The van der Waals surface area contributed by atoms with Crippen molar-refractivity contribution in [2.75, 3.05) is 12.3 Å². The van der Waals surface area contributed by atoms with Crippen molar-refractivity contribution >= 4 is 10.0 Å². The first kappa shape index (κ1) is 13.9. The average molecular weight is 248 g/mol. The van der Waals surface area contributed by atoms with Crippen LogP contribution in [-0.2, 0) is 10.0 Å². The van der Waals surface area contributed by atoms with Gasteiger partial charge in [-0.1, -0.05) is 19.8 Å². The third-order valence-corrected chi connectivity index (χ3v) is 4.67. The molecule has 0 spiro atoms. The maximum Gasteiger partial charge on any atom is 0.211 e. The van der Waals surface area contributed by atoms with Crippen LogP contribution in [0.1, 0.15) is 45.4 Å². The van der Waals surface area contributed by atoms with Gasteiger partial charge in [-0.25, -0.2) is 13.1 Å². The van der Waals surface area contributed by atoms with Crippen LogP contribution in [-0.4, -0.2) is 26.8 Å². The van der Waals surface area contributed by atoms with Gasteiger partial charge >= 0.3 is 0 Å². The molecule has 0 radical (unpaired) electrons. The molecule has 16 heavy (non-hydrogen) atoms. The Balaban J connectivity index is 2.33. The van der Waals surface area contributed by atoms with Crippen molar-refractivity contribution in [3.05, 3.63) is 0 Å². The molecule has 1 rings (SSSR count). The van der Waals surface area contributed by atoms with E-state index >= 15 is 0 Å². The van der Waals surface area contributed by atoms with Crippen LogP contribution in [0, 0.1) is 5.92 Å². The maximum absolute atomic E-state index is 11.7. The topological polar surface area (TPSA) is 72.2 Å². The van der Waals surface area contributed by atoms with Gasteiger partial charge in [-0.05, 0) is 38.1 Å². The summed E-state index contributed by atoms with van der Waals surface area (Å²) in [6.45, 7) is 2.75. The van der Waals surface area contributed by atoms with Crippen molar-refractivity contribution in [3.63, 3.8) is 0 Å². The van der Waals surface area contributed by atoms with Crippen molar-refractivity contribution in [1.29, 1.82) is 0 Å². The number of nitrogens with one attached hydrogen (secondary N) is 1. The highest BCUT2D eigenvalue weighted by Gasteiger charge is 2.22. The van der Waals surface area contributed by atoms with E-state index in [1.807, 2.05) is 0 Å². The summed E-state index contributed by atoms with van der Waals surface area (Å²) in [5, 5.41) is 0. The summed E-state index contributed by atoms with van der Waals surface area (Å²) in [5.41, 5.74) is 5.35.